The number of carboxylic acids is 1. The zero-order valence-corrected chi connectivity index (χ0v) is 8.11. The van der Waals surface area contributed by atoms with E-state index in [1.165, 1.54) is 0 Å². The average molecular weight is 197 g/mol. The van der Waals surface area contributed by atoms with Crippen molar-refractivity contribution in [2.24, 2.45) is 11.8 Å². The van der Waals surface area contributed by atoms with Gasteiger partial charge in [0.05, 0.1) is 0 Å². The van der Waals surface area contributed by atoms with Gasteiger partial charge < -0.3 is 10.0 Å². The smallest absolute Gasteiger partial charge is 0.303 e. The Bertz CT molecular complexity index is 254. The van der Waals surface area contributed by atoms with Gasteiger partial charge in [0.15, 0.2) is 0 Å². The number of nitrogens with zero attached hydrogens (tertiary/aromatic N) is 1. The molecule has 2 fully saturated rings. The lowest BCUT2D eigenvalue weighted by molar-refractivity contribution is -0.140. The summed E-state index contributed by atoms with van der Waals surface area (Å²) in [6, 6.07) is 0. The van der Waals surface area contributed by atoms with Gasteiger partial charge in [0.25, 0.3) is 0 Å². The summed E-state index contributed by atoms with van der Waals surface area (Å²) in [5.41, 5.74) is 0. The molecular weight excluding hydrogens is 182 g/mol. The first-order valence-corrected chi connectivity index (χ1v) is 5.17. The Morgan fingerprint density at radius 2 is 1.93 bits per heavy atom. The maximum atomic E-state index is 11.5. The monoisotopic (exact) mass is 197 g/mol. The molecule has 1 aliphatic carbocycles. The number of rotatable bonds is 4. The van der Waals surface area contributed by atoms with E-state index >= 15 is 0 Å². The molecule has 4 nitrogen and oxygen atoms in total. The molecule has 0 aromatic heterocycles. The number of hydrogen-bond donors (Lipinski definition) is 1. The van der Waals surface area contributed by atoms with Crippen LogP contribution in [0.15, 0.2) is 0 Å². The Kier molecular flexibility index (Phi) is 2.44. The van der Waals surface area contributed by atoms with Crippen LogP contribution in [0.3, 0.4) is 0 Å². The molecule has 0 bridgehead atoms. The van der Waals surface area contributed by atoms with Crippen molar-refractivity contribution >= 4 is 11.9 Å². The molecule has 0 aromatic rings. The van der Waals surface area contributed by atoms with Crippen molar-refractivity contribution < 1.29 is 14.7 Å². The highest BCUT2D eigenvalue weighted by molar-refractivity contribution is 5.81. The summed E-state index contributed by atoms with van der Waals surface area (Å²) >= 11 is 0. The Labute approximate surface area is 82.9 Å². The highest BCUT2D eigenvalue weighted by atomic mass is 16.4. The van der Waals surface area contributed by atoms with E-state index in [1.54, 1.807) is 0 Å². The van der Waals surface area contributed by atoms with Crippen molar-refractivity contribution in [3.8, 4) is 0 Å². The molecule has 0 spiro atoms. The van der Waals surface area contributed by atoms with Gasteiger partial charge in [-0.15, -0.1) is 0 Å². The lowest BCUT2D eigenvalue weighted by atomic mass is 9.94. The lowest BCUT2D eigenvalue weighted by Gasteiger charge is -2.39. The molecule has 0 aromatic carbocycles. The first-order valence-electron chi connectivity index (χ1n) is 5.17. The van der Waals surface area contributed by atoms with Gasteiger partial charge in [-0.2, -0.15) is 0 Å². The number of aliphatic carboxylic acids is 1. The Balaban J connectivity index is 1.63. The molecule has 1 heterocycles. The van der Waals surface area contributed by atoms with Crippen molar-refractivity contribution in [3.05, 3.63) is 0 Å². The van der Waals surface area contributed by atoms with Crippen LogP contribution in [0, 0.1) is 11.8 Å². The van der Waals surface area contributed by atoms with Crippen LogP contribution in [-0.2, 0) is 9.59 Å². The number of likely N-dealkylation sites (tertiary alicyclic amines) is 1. The molecule has 0 atom stereocenters. The number of hydrogen-bond acceptors (Lipinski definition) is 2. The lowest BCUT2D eigenvalue weighted by Crippen LogP contribution is -2.50. The molecule has 2 aliphatic rings. The summed E-state index contributed by atoms with van der Waals surface area (Å²) < 4.78 is 0. The second-order valence-electron chi connectivity index (χ2n) is 4.32. The number of carbonyl (C=O) groups is 2. The van der Waals surface area contributed by atoms with E-state index in [0.29, 0.717) is 18.3 Å². The molecule has 14 heavy (non-hydrogen) atoms. The van der Waals surface area contributed by atoms with Gasteiger partial charge in [0, 0.05) is 25.4 Å². The van der Waals surface area contributed by atoms with E-state index in [2.05, 4.69) is 0 Å². The quantitative estimate of drug-likeness (QED) is 0.722. The molecule has 1 saturated heterocycles. The van der Waals surface area contributed by atoms with Gasteiger partial charge in [-0.25, -0.2) is 0 Å². The van der Waals surface area contributed by atoms with E-state index in [4.69, 9.17) is 5.11 Å². The van der Waals surface area contributed by atoms with Crippen LogP contribution < -0.4 is 0 Å². The Hall–Kier alpha value is -1.06. The summed E-state index contributed by atoms with van der Waals surface area (Å²) in [6.45, 7) is 1.56. The third kappa shape index (κ3) is 2.05. The van der Waals surface area contributed by atoms with Crippen molar-refractivity contribution in [1.82, 2.24) is 4.90 Å². The van der Waals surface area contributed by atoms with Crippen LogP contribution in [0.2, 0.25) is 0 Å². The molecule has 1 aliphatic heterocycles. The predicted molar refractivity (Wildman–Crippen MR) is 49.7 cm³/mol. The van der Waals surface area contributed by atoms with Crippen LogP contribution in [0.25, 0.3) is 0 Å². The minimum absolute atomic E-state index is 0.232. The minimum Gasteiger partial charge on any atom is -0.481 e. The van der Waals surface area contributed by atoms with Crippen molar-refractivity contribution in [2.75, 3.05) is 13.1 Å². The second-order valence-corrected chi connectivity index (χ2v) is 4.32. The molecule has 1 saturated carbocycles. The topological polar surface area (TPSA) is 57.6 Å². The zero-order valence-electron chi connectivity index (χ0n) is 8.11. The Morgan fingerprint density at radius 1 is 1.29 bits per heavy atom. The average Bonchev–Trinajstić information content (AvgIpc) is 2.82. The normalized spacial score (nSPS) is 21.9. The first kappa shape index (κ1) is 9.49. The van der Waals surface area contributed by atoms with E-state index in [1.807, 2.05) is 4.90 Å². The van der Waals surface area contributed by atoms with Gasteiger partial charge in [-0.05, 0) is 25.2 Å². The Morgan fingerprint density at radius 3 is 2.43 bits per heavy atom. The third-order valence-corrected chi connectivity index (χ3v) is 2.96. The van der Waals surface area contributed by atoms with Crippen LogP contribution >= 0.6 is 0 Å². The summed E-state index contributed by atoms with van der Waals surface area (Å²) in [4.78, 5) is 23.6. The number of carboxylic acid groups (broad SMARTS) is 1. The maximum absolute atomic E-state index is 11.5. The fourth-order valence-electron chi connectivity index (χ4n) is 1.85. The molecule has 1 amide bonds. The summed E-state index contributed by atoms with van der Waals surface area (Å²) in [7, 11) is 0. The van der Waals surface area contributed by atoms with E-state index in [-0.39, 0.29) is 12.3 Å². The molecule has 1 N–H and O–H groups in total. The second kappa shape index (κ2) is 3.59. The molecule has 4 heteroatoms. The zero-order chi connectivity index (χ0) is 10.1. The van der Waals surface area contributed by atoms with Gasteiger partial charge in [-0.3, -0.25) is 9.59 Å². The fourth-order valence-corrected chi connectivity index (χ4v) is 1.85. The standard InChI is InChI=1S/C10H15NO3/c12-9(13)4-1-7-5-11(6-7)10(14)8-2-3-8/h7-8H,1-6H2,(H,12,13). The maximum Gasteiger partial charge on any atom is 0.303 e. The van der Waals surface area contributed by atoms with Gasteiger partial charge in [0.1, 0.15) is 0 Å². The molecule has 0 radical (unpaired) electrons. The molecule has 2 rings (SSSR count). The van der Waals surface area contributed by atoms with Crippen molar-refractivity contribution in [3.63, 3.8) is 0 Å². The van der Waals surface area contributed by atoms with Crippen LogP contribution in [-0.4, -0.2) is 35.0 Å². The highest BCUT2D eigenvalue weighted by Crippen LogP contribution is 2.34. The van der Waals surface area contributed by atoms with E-state index in [0.717, 1.165) is 25.9 Å². The SMILES string of the molecule is O=C(O)CCC1CN(C(=O)C2CC2)C1. The number of amides is 1. The van der Waals surface area contributed by atoms with Crippen LogP contribution in [0.5, 0.6) is 0 Å². The fraction of sp³-hybridized carbons (Fsp3) is 0.800. The van der Waals surface area contributed by atoms with Crippen molar-refractivity contribution in [1.29, 1.82) is 0 Å². The van der Waals surface area contributed by atoms with Crippen LogP contribution in [0.1, 0.15) is 25.7 Å². The molecule has 78 valence electrons. The summed E-state index contributed by atoms with van der Waals surface area (Å²) in [5.74, 6) is 0.276. The van der Waals surface area contributed by atoms with E-state index < -0.39 is 5.97 Å². The van der Waals surface area contributed by atoms with Crippen molar-refractivity contribution in [2.45, 2.75) is 25.7 Å². The largest absolute Gasteiger partial charge is 0.481 e. The minimum atomic E-state index is -0.739. The highest BCUT2D eigenvalue weighted by Gasteiger charge is 2.38. The third-order valence-electron chi connectivity index (χ3n) is 2.96. The first-order chi connectivity index (χ1) is 6.66. The van der Waals surface area contributed by atoms with Gasteiger partial charge in [0.2, 0.25) is 5.91 Å². The number of carbonyl (C=O) groups excluding carboxylic acids is 1. The van der Waals surface area contributed by atoms with E-state index in [9.17, 15) is 9.59 Å². The molecular formula is C10H15NO3. The van der Waals surface area contributed by atoms with Gasteiger partial charge in [-0.1, -0.05) is 0 Å². The molecule has 0 unspecified atom stereocenters. The summed E-state index contributed by atoms with van der Waals surface area (Å²) in [6.07, 6.45) is 3.05. The summed E-state index contributed by atoms with van der Waals surface area (Å²) in [5, 5.41) is 8.47. The predicted octanol–water partition coefficient (Wildman–Crippen LogP) is 0.720. The van der Waals surface area contributed by atoms with Crippen LogP contribution in [0.4, 0.5) is 0 Å². The van der Waals surface area contributed by atoms with Gasteiger partial charge >= 0.3 is 5.97 Å².